The molecule has 12 nitrogen and oxygen atoms in total. The van der Waals surface area contributed by atoms with Gasteiger partial charge >= 0.3 is 0 Å². The highest BCUT2D eigenvalue weighted by molar-refractivity contribution is 9.09. The minimum atomic E-state index is -1.12. The molecule has 0 saturated heterocycles. The number of hydrogen-bond donors (Lipinski definition) is 2. The molecule has 0 fully saturated rings. The van der Waals surface area contributed by atoms with Gasteiger partial charge in [0, 0.05) is 10.7 Å². The molecule has 10 aromatic carbocycles. The average molecular weight is 1420 g/mol. The van der Waals surface area contributed by atoms with Crippen LogP contribution in [0.1, 0.15) is 55.6 Å². The molecule has 4 unspecified atom stereocenters. The molecule has 0 spiro atoms. The van der Waals surface area contributed by atoms with Crippen LogP contribution in [0.25, 0.3) is 21.5 Å². The quantitative estimate of drug-likeness (QED) is 0.0342. The monoisotopic (exact) mass is 1420 g/mol. The first kappa shape index (κ1) is 72.6. The molecule has 11 rings (SSSR count). The van der Waals surface area contributed by atoms with Crippen LogP contribution in [0.3, 0.4) is 0 Å². The molecule has 1 heterocycles. The maximum atomic E-state index is 11.3. The van der Waals surface area contributed by atoms with Crippen molar-refractivity contribution in [3.8, 4) is 11.5 Å². The van der Waals surface area contributed by atoms with Crippen LogP contribution in [0.15, 0.2) is 268 Å². The van der Waals surface area contributed by atoms with Gasteiger partial charge in [0.05, 0.1) is 80.3 Å². The molecule has 0 amide bonds. The second-order valence-corrected chi connectivity index (χ2v) is 24.2. The number of ether oxygens (including phenoxy) is 10. The van der Waals surface area contributed by atoms with Gasteiger partial charge in [0.25, 0.3) is 0 Å². The van der Waals surface area contributed by atoms with Gasteiger partial charge in [-0.25, -0.2) is 0 Å². The van der Waals surface area contributed by atoms with Crippen LogP contribution in [-0.2, 0) is 101 Å². The number of benzene rings is 10. The Morgan fingerprint density at radius 2 is 0.875 bits per heavy atom. The largest absolute Gasteiger partial charge is 0.497 e. The highest BCUT2D eigenvalue weighted by Crippen LogP contribution is 2.30. The zero-order valence-corrected chi connectivity index (χ0v) is 57.7. The van der Waals surface area contributed by atoms with Crippen molar-refractivity contribution in [2.75, 3.05) is 27.4 Å². The number of fused-ring (bicyclic) bond motifs is 3. The van der Waals surface area contributed by atoms with Crippen molar-refractivity contribution < 1.29 is 57.6 Å². The predicted molar refractivity (Wildman–Crippen MR) is 388 cm³/mol. The Morgan fingerprint density at radius 1 is 0.469 bits per heavy atom. The minimum Gasteiger partial charge on any atom is -0.497 e. The summed E-state index contributed by atoms with van der Waals surface area (Å²) in [5.74, 6) is 1.54. The number of aliphatic hydroxyl groups is 2. The predicted octanol–water partition coefficient (Wildman–Crippen LogP) is 17.1. The molecule has 2 N–H and O–H groups in total. The van der Waals surface area contributed by atoms with Crippen LogP contribution >= 0.6 is 31.9 Å². The second-order valence-electron chi connectivity index (χ2n) is 23.1. The van der Waals surface area contributed by atoms with Crippen LogP contribution in [0.4, 0.5) is 0 Å². The van der Waals surface area contributed by atoms with Crippen molar-refractivity contribution in [3.63, 3.8) is 0 Å². The third-order valence-corrected chi connectivity index (χ3v) is 17.7. The smallest absolute Gasteiger partial charge is 0.118 e. The molecule has 0 radical (unpaired) electrons. The highest BCUT2D eigenvalue weighted by Gasteiger charge is 2.39. The summed E-state index contributed by atoms with van der Waals surface area (Å²) in [6, 6.07) is 80.6. The third kappa shape index (κ3) is 21.9. The molecule has 0 aromatic heterocycles. The van der Waals surface area contributed by atoms with Gasteiger partial charge in [-0.15, -0.1) is 13.2 Å². The SMILES string of the molecule is BrCc1cc2ccccc2cc1CBr.C=CC(OCc1ccccc1)[C@@H](O)[C@H](OCc1ccccc1)C(CO)OCc1ccc(OC)cc1.C=C[C@@H](OCc1ccccc1)C1OCc2cc3ccccc3cc2COCC(OCc2ccc(OC)cc2)[C@H]1OCc1ccccc1. The van der Waals surface area contributed by atoms with Gasteiger partial charge in [-0.2, -0.15) is 0 Å². The van der Waals surface area contributed by atoms with E-state index in [4.69, 9.17) is 47.4 Å². The first-order valence-electron chi connectivity index (χ1n) is 32.2. The summed E-state index contributed by atoms with van der Waals surface area (Å²) < 4.78 is 61.9. The Bertz CT molecular complexity index is 3820. The fraction of sp³-hybridized carbons (Fsp3) is 0.268. The van der Waals surface area contributed by atoms with Gasteiger partial charge in [0.1, 0.15) is 60.3 Å². The lowest BCUT2D eigenvalue weighted by Crippen LogP contribution is -2.50. The van der Waals surface area contributed by atoms with Crippen molar-refractivity contribution in [2.45, 2.75) is 112 Å². The van der Waals surface area contributed by atoms with Crippen molar-refractivity contribution in [3.05, 3.63) is 324 Å². The molecular formula is C82H86Br2O12. The Balaban J connectivity index is 0.000000192. The summed E-state index contributed by atoms with van der Waals surface area (Å²) in [5.41, 5.74) is 10.8. The lowest BCUT2D eigenvalue weighted by molar-refractivity contribution is -0.194. The van der Waals surface area contributed by atoms with E-state index in [1.807, 2.05) is 158 Å². The summed E-state index contributed by atoms with van der Waals surface area (Å²) in [5, 5.41) is 28.2. The van der Waals surface area contributed by atoms with E-state index in [0.717, 1.165) is 77.4 Å². The van der Waals surface area contributed by atoms with Crippen LogP contribution in [0.2, 0.25) is 0 Å². The minimum absolute atomic E-state index is 0.233. The van der Waals surface area contributed by atoms with E-state index < -0.39 is 48.8 Å². The zero-order valence-electron chi connectivity index (χ0n) is 54.5. The number of hydrogen-bond acceptors (Lipinski definition) is 12. The Kier molecular flexibility index (Phi) is 29.9. The Hall–Kier alpha value is -7.64. The summed E-state index contributed by atoms with van der Waals surface area (Å²) in [7, 11) is 3.27. The summed E-state index contributed by atoms with van der Waals surface area (Å²) in [6.07, 6.45) is -2.22. The number of halogens is 2. The molecule has 14 heteroatoms. The highest BCUT2D eigenvalue weighted by atomic mass is 79.9. The first-order valence-corrected chi connectivity index (χ1v) is 34.4. The molecule has 8 atom stereocenters. The molecule has 96 heavy (non-hydrogen) atoms. The van der Waals surface area contributed by atoms with Gasteiger partial charge in [-0.1, -0.05) is 250 Å². The molecular weight excluding hydrogens is 1340 g/mol. The van der Waals surface area contributed by atoms with E-state index in [1.165, 1.54) is 21.9 Å². The third-order valence-electron chi connectivity index (χ3n) is 16.5. The van der Waals surface area contributed by atoms with Crippen molar-refractivity contribution in [1.29, 1.82) is 0 Å². The van der Waals surface area contributed by atoms with E-state index in [0.29, 0.717) is 46.2 Å². The van der Waals surface area contributed by atoms with E-state index in [2.05, 4.69) is 130 Å². The van der Waals surface area contributed by atoms with E-state index >= 15 is 0 Å². The molecule has 0 saturated carbocycles. The van der Waals surface area contributed by atoms with Crippen molar-refractivity contribution >= 4 is 53.4 Å². The molecule has 1 aliphatic rings. The van der Waals surface area contributed by atoms with E-state index in [9.17, 15) is 10.2 Å². The number of aliphatic hydroxyl groups excluding tert-OH is 2. The van der Waals surface area contributed by atoms with Crippen LogP contribution in [0.5, 0.6) is 11.5 Å². The maximum absolute atomic E-state index is 11.3. The Morgan fingerprint density at radius 3 is 1.33 bits per heavy atom. The summed E-state index contributed by atoms with van der Waals surface area (Å²) in [4.78, 5) is 0. The number of methoxy groups -OCH3 is 2. The molecule has 500 valence electrons. The van der Waals surface area contributed by atoms with Crippen molar-refractivity contribution in [2.24, 2.45) is 0 Å². The van der Waals surface area contributed by atoms with Gasteiger partial charge in [-0.05, 0) is 114 Å². The number of rotatable bonds is 29. The maximum Gasteiger partial charge on any atom is 0.118 e. The lowest BCUT2D eigenvalue weighted by atomic mass is 9.99. The number of alkyl halides is 2. The summed E-state index contributed by atoms with van der Waals surface area (Å²) in [6.45, 7) is 10.7. The average Bonchev–Trinajstić information content (AvgIpc) is 0.890. The van der Waals surface area contributed by atoms with Gasteiger partial charge < -0.3 is 57.6 Å². The fourth-order valence-corrected chi connectivity index (χ4v) is 12.1. The van der Waals surface area contributed by atoms with Crippen LogP contribution < -0.4 is 9.47 Å². The molecule has 0 aliphatic carbocycles. The van der Waals surface area contributed by atoms with E-state index in [-0.39, 0.29) is 19.8 Å². The van der Waals surface area contributed by atoms with Crippen LogP contribution in [0, 0.1) is 0 Å². The van der Waals surface area contributed by atoms with Crippen molar-refractivity contribution in [1.82, 2.24) is 0 Å². The van der Waals surface area contributed by atoms with Crippen LogP contribution in [-0.4, -0.2) is 86.5 Å². The Labute approximate surface area is 582 Å². The second kappa shape index (κ2) is 39.5. The zero-order chi connectivity index (χ0) is 67.1. The van der Waals surface area contributed by atoms with Gasteiger partial charge in [0.2, 0.25) is 0 Å². The molecule has 10 aromatic rings. The summed E-state index contributed by atoms with van der Waals surface area (Å²) >= 11 is 7.03. The van der Waals surface area contributed by atoms with Gasteiger partial charge in [-0.3, -0.25) is 0 Å². The normalized spacial score (nSPS) is 16.2. The van der Waals surface area contributed by atoms with E-state index in [1.54, 1.807) is 26.4 Å². The standard InChI is InChI=1S/C41H42O6.C29H34O6.C12H10Br2/c1-3-38(44-24-30-12-6-4-7-13-30)40-41(46-26-31-14-8-5-9-15-31)39(45-25-32-18-20-37(42-2)21-19-32)29-43-27-35-22-33-16-10-11-17-34(33)23-36(35)28-47-40;1-3-26(33-19-22-10-6-4-7-11-22)28(31)29(35-21-23-12-8-5-9-13-23)27(18-30)34-20-24-14-16-25(32-2)17-15-24;13-7-11-5-9-3-1-2-4-10(9)6-12(11)8-14/h3-23,38-41H,1,24-29H2,2H3;3-17,26-31H,1,18-21H2,2H3;1-6H,7-8H2/t38-,39?,40?,41-;26?,27?,28-,29-;/m11./s1. The lowest BCUT2D eigenvalue weighted by Gasteiger charge is -2.37. The van der Waals surface area contributed by atoms with Gasteiger partial charge in [0.15, 0.2) is 0 Å². The molecule has 1 aliphatic heterocycles. The topological polar surface area (TPSA) is 133 Å². The first-order chi connectivity index (χ1) is 47.2. The molecule has 0 bridgehead atoms. The fourth-order valence-electron chi connectivity index (χ4n) is 11.1.